The maximum Gasteiger partial charge on any atom is 0.259 e. The topological polar surface area (TPSA) is 75.3 Å². The number of hydrogen-bond acceptors (Lipinski definition) is 4. The number of thiol groups is 1. The molecular weight excluding hydrogens is 228 g/mol. The van der Waals surface area contributed by atoms with E-state index in [9.17, 15) is 14.4 Å². The highest BCUT2D eigenvalue weighted by Crippen LogP contribution is 2.20. The van der Waals surface area contributed by atoms with E-state index in [1.165, 1.54) is 12.1 Å². The Kier molecular flexibility index (Phi) is 2.66. The second-order valence-electron chi connectivity index (χ2n) is 3.25. The van der Waals surface area contributed by atoms with Gasteiger partial charge in [-0.15, -0.1) is 0 Å². The van der Waals surface area contributed by atoms with Gasteiger partial charge in [0.15, 0.2) is 0 Å². The summed E-state index contributed by atoms with van der Waals surface area (Å²) in [7, 11) is 0. The Bertz CT molecular complexity index is 499. The van der Waals surface area contributed by atoms with Crippen LogP contribution in [0, 0.1) is 0 Å². The van der Waals surface area contributed by atoms with Gasteiger partial charge >= 0.3 is 0 Å². The fraction of sp³-hybridized carbons (Fsp3) is 0.100. The Morgan fingerprint density at radius 1 is 1.25 bits per heavy atom. The molecule has 2 N–H and O–H groups in total. The molecule has 0 saturated heterocycles. The van der Waals surface area contributed by atoms with Crippen LogP contribution in [-0.4, -0.2) is 23.5 Å². The van der Waals surface area contributed by atoms with Crippen molar-refractivity contribution in [1.82, 2.24) is 5.32 Å². The van der Waals surface area contributed by atoms with E-state index in [-0.39, 0.29) is 17.2 Å². The van der Waals surface area contributed by atoms with Crippen molar-refractivity contribution in [1.29, 1.82) is 0 Å². The van der Waals surface area contributed by atoms with E-state index in [2.05, 4.69) is 23.3 Å². The first-order chi connectivity index (χ1) is 7.61. The zero-order valence-electron chi connectivity index (χ0n) is 8.11. The minimum Gasteiger partial charge on any atom is -0.325 e. The molecule has 0 fully saturated rings. The Hall–Kier alpha value is -1.82. The summed E-state index contributed by atoms with van der Waals surface area (Å²) in [5.41, 5.74) is 1.08. The maximum atomic E-state index is 11.3. The molecule has 1 aliphatic rings. The highest BCUT2D eigenvalue weighted by atomic mass is 32.1. The molecular formula is C10H8N2O3S. The summed E-state index contributed by atoms with van der Waals surface area (Å²) in [6.45, 7) is 0. The Labute approximate surface area is 96.6 Å². The number of imide groups is 1. The van der Waals surface area contributed by atoms with Gasteiger partial charge in [-0.2, -0.15) is 12.6 Å². The van der Waals surface area contributed by atoms with Gasteiger partial charge in [0.2, 0.25) is 5.91 Å². The minimum atomic E-state index is -0.443. The average molecular weight is 236 g/mol. The van der Waals surface area contributed by atoms with Crippen molar-refractivity contribution >= 4 is 36.0 Å². The molecule has 6 heteroatoms. The second-order valence-corrected chi connectivity index (χ2v) is 3.57. The Morgan fingerprint density at radius 2 is 1.94 bits per heavy atom. The summed E-state index contributed by atoms with van der Waals surface area (Å²) < 4.78 is 0. The summed E-state index contributed by atoms with van der Waals surface area (Å²) in [6, 6.07) is 4.54. The van der Waals surface area contributed by atoms with E-state index >= 15 is 0 Å². The third kappa shape index (κ3) is 1.79. The van der Waals surface area contributed by atoms with Crippen LogP contribution in [0.25, 0.3) is 0 Å². The summed E-state index contributed by atoms with van der Waals surface area (Å²) >= 11 is 3.81. The molecule has 0 saturated carbocycles. The number of rotatable bonds is 2. The largest absolute Gasteiger partial charge is 0.325 e. The number of amides is 3. The van der Waals surface area contributed by atoms with Crippen molar-refractivity contribution in [3.63, 3.8) is 0 Å². The highest BCUT2D eigenvalue weighted by Gasteiger charge is 2.26. The predicted octanol–water partition coefficient (Wildman–Crippen LogP) is 0.438. The fourth-order valence-corrected chi connectivity index (χ4v) is 1.53. The molecule has 1 aliphatic heterocycles. The van der Waals surface area contributed by atoms with Crippen LogP contribution < -0.4 is 10.6 Å². The van der Waals surface area contributed by atoms with Crippen LogP contribution >= 0.6 is 12.6 Å². The predicted molar refractivity (Wildman–Crippen MR) is 60.7 cm³/mol. The van der Waals surface area contributed by atoms with Crippen LogP contribution in [0.15, 0.2) is 18.2 Å². The fourth-order valence-electron chi connectivity index (χ4n) is 1.45. The molecule has 82 valence electrons. The van der Waals surface area contributed by atoms with Crippen LogP contribution in [0.3, 0.4) is 0 Å². The minimum absolute atomic E-state index is 0.0577. The van der Waals surface area contributed by atoms with Gasteiger partial charge in [0.05, 0.1) is 16.9 Å². The molecule has 0 atom stereocenters. The lowest BCUT2D eigenvalue weighted by Gasteiger charge is -2.03. The van der Waals surface area contributed by atoms with Gasteiger partial charge in [0, 0.05) is 5.69 Å². The number of carbonyl (C=O) groups is 3. The molecule has 2 rings (SSSR count). The molecule has 0 aromatic heterocycles. The van der Waals surface area contributed by atoms with Crippen molar-refractivity contribution < 1.29 is 14.4 Å². The molecule has 5 nitrogen and oxygen atoms in total. The van der Waals surface area contributed by atoms with Gasteiger partial charge in [-0.25, -0.2) is 0 Å². The zero-order valence-corrected chi connectivity index (χ0v) is 9.01. The van der Waals surface area contributed by atoms with E-state index in [0.717, 1.165) is 0 Å². The number of hydrogen-bond donors (Lipinski definition) is 3. The van der Waals surface area contributed by atoms with Gasteiger partial charge in [0.25, 0.3) is 11.8 Å². The summed E-state index contributed by atoms with van der Waals surface area (Å²) in [5.74, 6) is -1.07. The lowest BCUT2D eigenvalue weighted by molar-refractivity contribution is -0.113. The molecule has 0 radical (unpaired) electrons. The summed E-state index contributed by atoms with van der Waals surface area (Å²) in [6.07, 6.45) is 0. The molecule has 0 aliphatic carbocycles. The molecule has 1 aromatic rings. The smallest absolute Gasteiger partial charge is 0.259 e. The number of benzene rings is 1. The van der Waals surface area contributed by atoms with E-state index in [4.69, 9.17) is 0 Å². The number of nitrogens with one attached hydrogen (secondary N) is 2. The molecule has 1 aromatic carbocycles. The summed E-state index contributed by atoms with van der Waals surface area (Å²) in [5, 5.41) is 4.72. The van der Waals surface area contributed by atoms with E-state index in [1.807, 2.05) is 0 Å². The zero-order chi connectivity index (χ0) is 11.7. The second kappa shape index (κ2) is 3.97. The normalized spacial score (nSPS) is 13.3. The number of anilines is 1. The van der Waals surface area contributed by atoms with Gasteiger partial charge in [0.1, 0.15) is 0 Å². The molecule has 0 spiro atoms. The summed E-state index contributed by atoms with van der Waals surface area (Å²) in [4.78, 5) is 33.6. The molecule has 1 heterocycles. The van der Waals surface area contributed by atoms with E-state index in [0.29, 0.717) is 11.3 Å². The van der Waals surface area contributed by atoms with Crippen LogP contribution in [-0.2, 0) is 4.79 Å². The third-order valence-electron chi connectivity index (χ3n) is 2.16. The van der Waals surface area contributed by atoms with Gasteiger partial charge < -0.3 is 5.32 Å². The quantitative estimate of drug-likeness (QED) is 0.515. The van der Waals surface area contributed by atoms with Crippen LogP contribution in [0.4, 0.5) is 5.69 Å². The third-order valence-corrected chi connectivity index (χ3v) is 2.45. The van der Waals surface area contributed by atoms with Crippen LogP contribution in [0.2, 0.25) is 0 Å². The standard InChI is InChI=1S/C10H8N2O3S/c13-8(4-16)11-5-1-2-6-7(3-5)10(15)12-9(6)14/h1-3,16H,4H2,(H,11,13)(H,12,14,15). The molecule has 16 heavy (non-hydrogen) atoms. The SMILES string of the molecule is O=C(CS)Nc1ccc2c(c1)C(=O)NC2=O. The molecule has 3 amide bonds. The van der Waals surface area contributed by atoms with Crippen molar-refractivity contribution in [3.8, 4) is 0 Å². The lowest BCUT2D eigenvalue weighted by Crippen LogP contribution is -2.19. The van der Waals surface area contributed by atoms with Crippen LogP contribution in [0.5, 0.6) is 0 Å². The van der Waals surface area contributed by atoms with Crippen molar-refractivity contribution in [3.05, 3.63) is 29.3 Å². The first-order valence-electron chi connectivity index (χ1n) is 4.52. The molecule has 0 unspecified atom stereocenters. The van der Waals surface area contributed by atoms with E-state index < -0.39 is 11.8 Å². The average Bonchev–Trinajstić information content (AvgIpc) is 2.54. The molecule has 0 bridgehead atoms. The van der Waals surface area contributed by atoms with Gasteiger partial charge in [-0.05, 0) is 18.2 Å². The lowest BCUT2D eigenvalue weighted by atomic mass is 10.1. The Balaban J connectivity index is 2.33. The van der Waals surface area contributed by atoms with E-state index in [1.54, 1.807) is 6.07 Å². The first-order valence-corrected chi connectivity index (χ1v) is 5.15. The number of carbonyl (C=O) groups excluding carboxylic acids is 3. The maximum absolute atomic E-state index is 11.3. The highest BCUT2D eigenvalue weighted by molar-refractivity contribution is 7.81. The monoisotopic (exact) mass is 236 g/mol. The van der Waals surface area contributed by atoms with Crippen molar-refractivity contribution in [2.24, 2.45) is 0 Å². The Morgan fingerprint density at radius 3 is 2.62 bits per heavy atom. The number of fused-ring (bicyclic) bond motifs is 1. The van der Waals surface area contributed by atoms with Crippen LogP contribution in [0.1, 0.15) is 20.7 Å². The first kappa shape index (κ1) is 10.7. The van der Waals surface area contributed by atoms with Gasteiger partial charge in [-0.3, -0.25) is 19.7 Å². The van der Waals surface area contributed by atoms with Crippen molar-refractivity contribution in [2.45, 2.75) is 0 Å². The van der Waals surface area contributed by atoms with Gasteiger partial charge in [-0.1, -0.05) is 0 Å². The van der Waals surface area contributed by atoms with Crippen molar-refractivity contribution in [2.75, 3.05) is 11.1 Å².